The second-order valence-electron chi connectivity index (χ2n) is 5.52. The molecule has 2 amide bonds. The number of hydrogen-bond acceptors (Lipinski definition) is 6. The van der Waals surface area contributed by atoms with Gasteiger partial charge in [-0.25, -0.2) is 5.43 Å². The van der Waals surface area contributed by atoms with Crippen molar-refractivity contribution in [2.24, 2.45) is 5.10 Å². The van der Waals surface area contributed by atoms with Gasteiger partial charge in [0.2, 0.25) is 5.91 Å². The summed E-state index contributed by atoms with van der Waals surface area (Å²) in [5.41, 5.74) is 3.47. The summed E-state index contributed by atoms with van der Waals surface area (Å²) in [6.45, 7) is -0.243. The summed E-state index contributed by atoms with van der Waals surface area (Å²) in [7, 11) is 3.01. The lowest BCUT2D eigenvalue weighted by atomic mass is 10.2. The maximum absolute atomic E-state index is 11.8. The van der Waals surface area contributed by atoms with Crippen LogP contribution < -0.4 is 20.2 Å². The average Bonchev–Trinajstić information content (AvgIpc) is 2.72. The Morgan fingerprint density at radius 3 is 2.54 bits per heavy atom. The molecule has 2 rings (SSSR count). The zero-order chi connectivity index (χ0) is 20.4. The molecular weight excluding hydrogens is 362 g/mol. The largest absolute Gasteiger partial charge is 0.504 e. The van der Waals surface area contributed by atoms with Crippen molar-refractivity contribution in [1.82, 2.24) is 10.7 Å². The minimum absolute atomic E-state index is 0.0834. The molecule has 0 aromatic heterocycles. The molecule has 8 heteroatoms. The summed E-state index contributed by atoms with van der Waals surface area (Å²) in [4.78, 5) is 23.5. The number of aromatic hydroxyl groups is 1. The van der Waals surface area contributed by atoms with Gasteiger partial charge in [0.15, 0.2) is 11.5 Å². The minimum atomic E-state index is -0.509. The van der Waals surface area contributed by atoms with Gasteiger partial charge in [-0.1, -0.05) is 18.2 Å². The van der Waals surface area contributed by atoms with E-state index in [9.17, 15) is 14.7 Å². The normalized spacial score (nSPS) is 10.8. The molecule has 0 fully saturated rings. The lowest BCUT2D eigenvalue weighted by Crippen LogP contribution is -2.34. The second kappa shape index (κ2) is 10.4. The third-order valence-corrected chi connectivity index (χ3v) is 3.61. The van der Waals surface area contributed by atoms with Gasteiger partial charge in [0.25, 0.3) is 5.91 Å². The predicted molar refractivity (Wildman–Crippen MR) is 105 cm³/mol. The van der Waals surface area contributed by atoms with Crippen molar-refractivity contribution in [3.05, 3.63) is 59.7 Å². The van der Waals surface area contributed by atoms with E-state index >= 15 is 0 Å². The number of nitrogens with zero attached hydrogens (tertiary/aromatic N) is 1. The molecule has 0 radical (unpaired) electrons. The van der Waals surface area contributed by atoms with Crippen molar-refractivity contribution in [3.8, 4) is 17.2 Å². The molecule has 0 spiro atoms. The lowest BCUT2D eigenvalue weighted by Gasteiger charge is -2.05. The summed E-state index contributed by atoms with van der Waals surface area (Å²) < 4.78 is 10.0. The van der Waals surface area contributed by atoms with E-state index in [1.807, 2.05) is 0 Å². The number of hydrogen-bond donors (Lipinski definition) is 3. The van der Waals surface area contributed by atoms with Crippen molar-refractivity contribution in [1.29, 1.82) is 0 Å². The Balaban J connectivity index is 1.78. The molecule has 0 aliphatic rings. The van der Waals surface area contributed by atoms with Crippen molar-refractivity contribution in [2.45, 2.75) is 0 Å². The molecule has 0 aliphatic carbocycles. The van der Waals surface area contributed by atoms with E-state index in [-0.39, 0.29) is 12.3 Å². The number of nitrogens with one attached hydrogen (secondary N) is 2. The summed E-state index contributed by atoms with van der Waals surface area (Å²) in [5.74, 6) is 0.0115. The van der Waals surface area contributed by atoms with Gasteiger partial charge < -0.3 is 19.9 Å². The monoisotopic (exact) mass is 383 g/mol. The maximum atomic E-state index is 11.8. The molecular formula is C20H21N3O5. The fourth-order valence-electron chi connectivity index (χ4n) is 2.13. The highest BCUT2D eigenvalue weighted by Crippen LogP contribution is 2.27. The van der Waals surface area contributed by atoms with Gasteiger partial charge in [-0.3, -0.25) is 9.59 Å². The van der Waals surface area contributed by atoms with Crippen LogP contribution in [-0.2, 0) is 9.59 Å². The Morgan fingerprint density at radius 2 is 1.86 bits per heavy atom. The van der Waals surface area contributed by atoms with E-state index in [4.69, 9.17) is 9.47 Å². The van der Waals surface area contributed by atoms with E-state index < -0.39 is 11.8 Å². The Morgan fingerprint density at radius 1 is 1.11 bits per heavy atom. The quantitative estimate of drug-likeness (QED) is 0.365. The molecule has 2 aromatic rings. The molecule has 8 nitrogen and oxygen atoms in total. The highest BCUT2D eigenvalue weighted by molar-refractivity contribution is 5.94. The minimum Gasteiger partial charge on any atom is -0.504 e. The van der Waals surface area contributed by atoms with Crippen molar-refractivity contribution in [3.63, 3.8) is 0 Å². The van der Waals surface area contributed by atoms with Crippen LogP contribution in [0.25, 0.3) is 6.08 Å². The molecule has 0 unspecified atom stereocenters. The fourth-order valence-corrected chi connectivity index (χ4v) is 2.13. The number of carbonyl (C=O) groups excluding carboxylic acids is 2. The number of para-hydroxylation sites is 1. The smallest absolute Gasteiger partial charge is 0.259 e. The predicted octanol–water partition coefficient (Wildman–Crippen LogP) is 1.69. The van der Waals surface area contributed by atoms with E-state index in [0.717, 1.165) is 11.3 Å². The zero-order valence-electron chi connectivity index (χ0n) is 15.5. The number of amides is 2. The zero-order valence-corrected chi connectivity index (χ0v) is 15.5. The average molecular weight is 383 g/mol. The Labute approximate surface area is 162 Å². The van der Waals surface area contributed by atoms with Crippen molar-refractivity contribution in [2.75, 3.05) is 20.8 Å². The van der Waals surface area contributed by atoms with Crippen molar-refractivity contribution >= 4 is 24.1 Å². The highest BCUT2D eigenvalue weighted by atomic mass is 16.5. The van der Waals surface area contributed by atoms with Crippen LogP contribution in [0.4, 0.5) is 0 Å². The number of rotatable bonds is 8. The van der Waals surface area contributed by atoms with Gasteiger partial charge in [-0.2, -0.15) is 5.10 Å². The van der Waals surface area contributed by atoms with Crippen molar-refractivity contribution < 1.29 is 24.2 Å². The molecule has 0 bridgehead atoms. The first-order valence-corrected chi connectivity index (χ1v) is 8.31. The Bertz CT molecular complexity index is 876. The molecule has 2 aromatic carbocycles. The first kappa shape index (κ1) is 20.5. The van der Waals surface area contributed by atoms with Crippen LogP contribution in [0.2, 0.25) is 0 Å². The standard InChI is InChI=1S/C20H21N3O5/c1-27-16-9-6-14(7-10-16)8-11-18(24)21-13-19(25)23-22-12-15-4-3-5-17(28-2)20(15)26/h3-12,26H,13H2,1-2H3,(H,21,24)(H,23,25)/b11-8-,22-12-. The number of benzene rings is 2. The van der Waals surface area contributed by atoms with Gasteiger partial charge in [-0.05, 0) is 35.9 Å². The van der Waals surface area contributed by atoms with Crippen LogP contribution in [0.1, 0.15) is 11.1 Å². The highest BCUT2D eigenvalue weighted by Gasteiger charge is 2.05. The van der Waals surface area contributed by atoms with Crippen LogP contribution in [0.15, 0.2) is 53.6 Å². The van der Waals surface area contributed by atoms with Crippen LogP contribution >= 0.6 is 0 Å². The Kier molecular flexibility index (Phi) is 7.59. The number of carbonyl (C=O) groups is 2. The number of phenolic OH excluding ortho intramolecular Hbond substituents is 1. The summed E-state index contributed by atoms with van der Waals surface area (Å²) in [6.07, 6.45) is 4.23. The molecule has 0 aliphatic heterocycles. The second-order valence-corrected chi connectivity index (χ2v) is 5.52. The summed E-state index contributed by atoms with van der Waals surface area (Å²) in [5, 5.41) is 16.1. The number of methoxy groups -OCH3 is 2. The lowest BCUT2D eigenvalue weighted by molar-refractivity contribution is -0.123. The van der Waals surface area contributed by atoms with Gasteiger partial charge in [-0.15, -0.1) is 0 Å². The SMILES string of the molecule is COc1ccc(/C=C\C(=O)NCC(=O)N/N=C\c2cccc(OC)c2O)cc1. The third kappa shape index (κ3) is 6.17. The molecule has 3 N–H and O–H groups in total. The molecule has 28 heavy (non-hydrogen) atoms. The van der Waals surface area contributed by atoms with Gasteiger partial charge in [0.05, 0.1) is 27.0 Å². The van der Waals surface area contributed by atoms with Crippen LogP contribution in [0.5, 0.6) is 17.2 Å². The first-order valence-electron chi connectivity index (χ1n) is 8.31. The molecule has 0 heterocycles. The maximum Gasteiger partial charge on any atom is 0.259 e. The number of phenols is 1. The van der Waals surface area contributed by atoms with Gasteiger partial charge in [0, 0.05) is 11.6 Å². The summed E-state index contributed by atoms with van der Waals surface area (Å²) >= 11 is 0. The molecule has 0 saturated carbocycles. The topological polar surface area (TPSA) is 109 Å². The van der Waals surface area contributed by atoms with Gasteiger partial charge >= 0.3 is 0 Å². The number of ether oxygens (including phenoxy) is 2. The molecule has 0 atom stereocenters. The van der Waals surface area contributed by atoms with Crippen LogP contribution in [-0.4, -0.2) is 43.9 Å². The third-order valence-electron chi connectivity index (χ3n) is 3.61. The van der Waals surface area contributed by atoms with Crippen LogP contribution in [0, 0.1) is 0 Å². The Hall–Kier alpha value is -3.81. The van der Waals surface area contributed by atoms with E-state index in [2.05, 4.69) is 15.8 Å². The van der Waals surface area contributed by atoms with Crippen LogP contribution in [0.3, 0.4) is 0 Å². The summed E-state index contributed by atoms with van der Waals surface area (Å²) in [6, 6.07) is 12.1. The number of hydrazone groups is 1. The van der Waals surface area contributed by atoms with E-state index in [1.54, 1.807) is 55.7 Å². The van der Waals surface area contributed by atoms with E-state index in [0.29, 0.717) is 11.3 Å². The molecule has 0 saturated heterocycles. The van der Waals surface area contributed by atoms with Gasteiger partial charge in [0.1, 0.15) is 5.75 Å². The van der Waals surface area contributed by atoms with E-state index in [1.165, 1.54) is 19.4 Å². The fraction of sp³-hybridized carbons (Fsp3) is 0.150. The molecule has 146 valence electrons. The first-order chi connectivity index (χ1) is 13.5.